The van der Waals surface area contributed by atoms with Crippen LogP contribution in [-0.4, -0.2) is 91.4 Å². The van der Waals surface area contributed by atoms with Crippen LogP contribution >= 0.6 is 11.8 Å². The molecule has 1 spiro atoms. The predicted octanol–water partition coefficient (Wildman–Crippen LogP) is 1.28. The summed E-state index contributed by atoms with van der Waals surface area (Å²) in [6, 6.07) is -1.27. The van der Waals surface area contributed by atoms with E-state index in [-0.39, 0.29) is 24.3 Å². The van der Waals surface area contributed by atoms with Crippen molar-refractivity contribution in [2.75, 3.05) is 26.7 Å². The van der Waals surface area contributed by atoms with Crippen molar-refractivity contribution in [1.29, 1.82) is 0 Å². The average molecular weight is 448 g/mol. The van der Waals surface area contributed by atoms with Crippen LogP contribution in [0, 0.1) is 11.8 Å². The molecule has 6 atom stereocenters. The molecule has 4 heterocycles. The number of fused-ring (bicyclic) bond motifs is 2. The van der Waals surface area contributed by atoms with Crippen LogP contribution in [0.5, 0.6) is 0 Å². The minimum atomic E-state index is -0.852. The fourth-order valence-electron chi connectivity index (χ4n) is 5.75. The first-order valence-electron chi connectivity index (χ1n) is 10.9. The summed E-state index contributed by atoms with van der Waals surface area (Å²) in [7, 11) is 1.76. The highest BCUT2D eigenvalue weighted by Gasteiger charge is 2.74. The van der Waals surface area contributed by atoms with Crippen LogP contribution in [0.4, 0.5) is 0 Å². The Morgan fingerprint density at radius 1 is 1.10 bits per heavy atom. The second-order valence-electron chi connectivity index (χ2n) is 10.4. The third-order valence-corrected chi connectivity index (χ3v) is 9.04. The molecule has 4 rings (SSSR count). The molecule has 1 N–H and O–H groups in total. The average Bonchev–Trinajstić information content (AvgIpc) is 2.96. The number of likely N-dealkylation sites (tertiary alicyclic amines) is 1. The Labute approximate surface area is 188 Å². The number of thioether (sulfide) groups is 1. The molecule has 0 aromatic heterocycles. The van der Waals surface area contributed by atoms with E-state index >= 15 is 0 Å². The van der Waals surface area contributed by atoms with Gasteiger partial charge in [-0.3, -0.25) is 14.4 Å². The molecule has 7 nitrogen and oxygen atoms in total. The van der Waals surface area contributed by atoms with E-state index in [9.17, 15) is 19.5 Å². The van der Waals surface area contributed by atoms with E-state index in [1.165, 1.54) is 0 Å². The second kappa shape index (κ2) is 7.10. The van der Waals surface area contributed by atoms with Crippen LogP contribution in [0.2, 0.25) is 0 Å². The molecule has 0 aromatic carbocycles. The Kier molecular flexibility index (Phi) is 5.13. The molecule has 8 heteroatoms. The second-order valence-corrected chi connectivity index (χ2v) is 12.2. The first kappa shape index (κ1) is 22.4. The van der Waals surface area contributed by atoms with Crippen molar-refractivity contribution in [2.45, 2.75) is 61.7 Å². The molecule has 0 radical (unpaired) electrons. The summed E-state index contributed by atoms with van der Waals surface area (Å²) < 4.78 is -1.44. The Balaban J connectivity index is 1.93. The van der Waals surface area contributed by atoms with Gasteiger partial charge in [-0.1, -0.05) is 24.3 Å². The first-order valence-corrected chi connectivity index (χ1v) is 11.8. The van der Waals surface area contributed by atoms with Gasteiger partial charge in [0.05, 0.1) is 29.2 Å². The van der Waals surface area contributed by atoms with E-state index in [1.54, 1.807) is 40.4 Å². The molecule has 31 heavy (non-hydrogen) atoms. The number of nitrogens with zero attached hydrogens (tertiary/aromatic N) is 3. The minimum Gasteiger partial charge on any atom is -0.394 e. The molecule has 0 bridgehead atoms. The highest BCUT2D eigenvalue weighted by atomic mass is 32.2. The number of amides is 3. The zero-order valence-corrected chi connectivity index (χ0v) is 20.0. The molecule has 3 amide bonds. The van der Waals surface area contributed by atoms with Crippen LogP contribution in [0.25, 0.3) is 0 Å². The zero-order valence-electron chi connectivity index (χ0n) is 19.2. The number of hydrogen-bond acceptors (Lipinski definition) is 5. The lowest BCUT2D eigenvalue weighted by atomic mass is 9.74. The molecule has 170 valence electrons. The largest absolute Gasteiger partial charge is 0.394 e. The van der Waals surface area contributed by atoms with Crippen LogP contribution in [-0.2, 0) is 14.4 Å². The third kappa shape index (κ3) is 3.01. The molecule has 1 unspecified atom stereocenters. The van der Waals surface area contributed by atoms with Crippen LogP contribution in [0.3, 0.4) is 0 Å². The molecule has 4 aliphatic rings. The molecular weight excluding hydrogens is 414 g/mol. The van der Waals surface area contributed by atoms with Crippen LogP contribution in [0.15, 0.2) is 24.3 Å². The van der Waals surface area contributed by atoms with Crippen LogP contribution < -0.4 is 0 Å². The van der Waals surface area contributed by atoms with Crippen molar-refractivity contribution in [3.05, 3.63) is 24.3 Å². The normalized spacial score (nSPS) is 38.7. The number of likely N-dealkylation sites (N-methyl/N-ethyl adjacent to an activating group) is 1. The van der Waals surface area contributed by atoms with Gasteiger partial charge < -0.3 is 19.8 Å². The molecule has 4 aliphatic heterocycles. The van der Waals surface area contributed by atoms with E-state index in [1.807, 2.05) is 52.0 Å². The maximum atomic E-state index is 14.0. The van der Waals surface area contributed by atoms with E-state index in [2.05, 4.69) is 0 Å². The van der Waals surface area contributed by atoms with E-state index in [4.69, 9.17) is 0 Å². The van der Waals surface area contributed by atoms with Crippen molar-refractivity contribution in [1.82, 2.24) is 14.7 Å². The third-order valence-electron chi connectivity index (χ3n) is 7.25. The highest BCUT2D eigenvalue weighted by molar-refractivity contribution is 8.02. The Morgan fingerprint density at radius 3 is 2.35 bits per heavy atom. The number of carbonyl (C=O) groups is 3. The summed E-state index contributed by atoms with van der Waals surface area (Å²) >= 11 is 1.57. The highest BCUT2D eigenvalue weighted by Crippen LogP contribution is 2.65. The van der Waals surface area contributed by atoms with Gasteiger partial charge in [-0.2, -0.15) is 0 Å². The van der Waals surface area contributed by atoms with Crippen molar-refractivity contribution in [2.24, 2.45) is 11.8 Å². The van der Waals surface area contributed by atoms with Crippen molar-refractivity contribution < 1.29 is 19.5 Å². The molecular formula is C23H33N3O4S. The fourth-order valence-corrected chi connectivity index (χ4v) is 7.89. The molecule has 0 aliphatic carbocycles. The molecule has 2 saturated heterocycles. The lowest BCUT2D eigenvalue weighted by Gasteiger charge is -2.42. The van der Waals surface area contributed by atoms with E-state index < -0.39 is 39.0 Å². The van der Waals surface area contributed by atoms with Gasteiger partial charge in [0.2, 0.25) is 17.7 Å². The molecule has 0 saturated carbocycles. The summed E-state index contributed by atoms with van der Waals surface area (Å²) in [6.07, 6.45) is 8.03. The number of hydrogen-bond donors (Lipinski definition) is 1. The summed E-state index contributed by atoms with van der Waals surface area (Å²) in [6.45, 7) is 10.5. The van der Waals surface area contributed by atoms with Gasteiger partial charge in [-0.05, 0) is 34.6 Å². The summed E-state index contributed by atoms with van der Waals surface area (Å²) in [5, 5.41) is 9.94. The van der Waals surface area contributed by atoms with Crippen molar-refractivity contribution in [3.63, 3.8) is 0 Å². The fraction of sp³-hybridized carbons (Fsp3) is 0.696. The lowest BCUT2D eigenvalue weighted by Crippen LogP contribution is -2.59. The van der Waals surface area contributed by atoms with Gasteiger partial charge in [-0.25, -0.2) is 0 Å². The Bertz CT molecular complexity index is 881. The van der Waals surface area contributed by atoms with Gasteiger partial charge in [0.25, 0.3) is 0 Å². The SMILES string of the molecule is C[C@H](CO)N1C(=O)[C@@H]2[C@H]3C(=O)N(C)CC=C[C@@]3(C)S[C@@]23C=CCN(C(C)(C)C)C(=O)C13. The van der Waals surface area contributed by atoms with Gasteiger partial charge in [-0.15, -0.1) is 11.8 Å². The standard InChI is InChI=1S/C23H33N3O4S/c1-14(13-27)26-17-20(30)25(21(2,3)4)12-8-10-23(17)16(19(26)29)15-18(28)24(6)11-7-9-22(15,5)31-23/h7-10,14-17,27H,11-13H2,1-6H3/t14-,15+,16+,17?,22-,23+/m1/s1. The number of rotatable bonds is 2. The minimum absolute atomic E-state index is 0.0646. The topological polar surface area (TPSA) is 81.2 Å². The smallest absolute Gasteiger partial charge is 0.247 e. The van der Waals surface area contributed by atoms with Crippen LogP contribution in [0.1, 0.15) is 34.6 Å². The maximum absolute atomic E-state index is 14.0. The lowest BCUT2D eigenvalue weighted by molar-refractivity contribution is -0.148. The molecule has 2 fully saturated rings. The van der Waals surface area contributed by atoms with Gasteiger partial charge in [0.15, 0.2) is 0 Å². The maximum Gasteiger partial charge on any atom is 0.247 e. The van der Waals surface area contributed by atoms with E-state index in [0.717, 1.165) is 0 Å². The summed E-state index contributed by atoms with van der Waals surface area (Å²) in [5.41, 5.74) is -0.421. The van der Waals surface area contributed by atoms with E-state index in [0.29, 0.717) is 13.1 Å². The number of aliphatic hydroxyl groups is 1. The summed E-state index contributed by atoms with van der Waals surface area (Å²) in [5.74, 6) is -1.61. The van der Waals surface area contributed by atoms with Gasteiger partial charge in [0, 0.05) is 30.4 Å². The molecule has 0 aromatic rings. The van der Waals surface area contributed by atoms with Gasteiger partial charge in [0.1, 0.15) is 6.04 Å². The van der Waals surface area contributed by atoms with Crippen molar-refractivity contribution >= 4 is 29.5 Å². The monoisotopic (exact) mass is 447 g/mol. The van der Waals surface area contributed by atoms with Crippen molar-refractivity contribution in [3.8, 4) is 0 Å². The first-order chi connectivity index (χ1) is 14.4. The number of aliphatic hydroxyl groups excluding tert-OH is 1. The predicted molar refractivity (Wildman–Crippen MR) is 120 cm³/mol. The summed E-state index contributed by atoms with van der Waals surface area (Å²) in [4.78, 5) is 46.4. The zero-order chi connectivity index (χ0) is 22.9. The quantitative estimate of drug-likeness (QED) is 0.645. The Hall–Kier alpha value is -1.80. The number of carbonyl (C=O) groups excluding carboxylic acids is 3. The van der Waals surface area contributed by atoms with Gasteiger partial charge >= 0.3 is 0 Å². The Morgan fingerprint density at radius 2 is 1.74 bits per heavy atom.